The van der Waals surface area contributed by atoms with Crippen molar-refractivity contribution in [3.05, 3.63) is 0 Å². The molecule has 0 aromatic rings. The summed E-state index contributed by atoms with van der Waals surface area (Å²) in [7, 11) is 0. The van der Waals surface area contributed by atoms with E-state index in [4.69, 9.17) is 15.7 Å². The topological polar surface area (TPSA) is 79.3 Å². The summed E-state index contributed by atoms with van der Waals surface area (Å²) in [6, 6.07) is 2.02. The summed E-state index contributed by atoms with van der Waals surface area (Å²) < 4.78 is 5.17. The highest BCUT2D eigenvalue weighted by Crippen LogP contribution is 2.11. The lowest BCUT2D eigenvalue weighted by Gasteiger charge is -2.31. The Kier molecular flexibility index (Phi) is 4.53. The van der Waals surface area contributed by atoms with Crippen molar-refractivity contribution in [2.45, 2.75) is 19.4 Å². The van der Waals surface area contributed by atoms with E-state index >= 15 is 0 Å². The number of carbonyl (C=O) groups is 1. The second-order valence-corrected chi connectivity index (χ2v) is 3.75. The van der Waals surface area contributed by atoms with Gasteiger partial charge >= 0.3 is 0 Å². The molecule has 84 valence electrons. The number of nitrogens with two attached hydrogens (primary N) is 1. The van der Waals surface area contributed by atoms with Gasteiger partial charge in [0.2, 0.25) is 5.91 Å². The molecule has 0 aromatic carbocycles. The zero-order valence-electron chi connectivity index (χ0n) is 8.98. The van der Waals surface area contributed by atoms with E-state index in [-0.39, 0.29) is 11.8 Å². The predicted octanol–water partition coefficient (Wildman–Crippen LogP) is -0.278. The molecule has 1 amide bonds. The molecule has 1 rings (SSSR count). The molecule has 1 heterocycles. The van der Waals surface area contributed by atoms with E-state index in [0.29, 0.717) is 32.7 Å². The number of morpholine rings is 1. The van der Waals surface area contributed by atoms with Gasteiger partial charge in [0, 0.05) is 12.5 Å². The number of nitrogens with zero attached hydrogens (tertiary/aromatic N) is 2. The monoisotopic (exact) mass is 211 g/mol. The Labute approximate surface area is 89.8 Å². The van der Waals surface area contributed by atoms with Gasteiger partial charge in [-0.3, -0.25) is 4.79 Å². The van der Waals surface area contributed by atoms with Gasteiger partial charge in [0.1, 0.15) is 0 Å². The van der Waals surface area contributed by atoms with Gasteiger partial charge in [-0.1, -0.05) is 6.92 Å². The van der Waals surface area contributed by atoms with Crippen LogP contribution in [-0.4, -0.2) is 43.2 Å². The summed E-state index contributed by atoms with van der Waals surface area (Å²) in [5.41, 5.74) is 5.40. The van der Waals surface area contributed by atoms with Crippen LogP contribution in [0.1, 0.15) is 13.3 Å². The largest absolute Gasteiger partial charge is 0.360 e. The molecule has 2 unspecified atom stereocenters. The first kappa shape index (κ1) is 12.0. The molecular formula is C10H17N3O2. The highest BCUT2D eigenvalue weighted by atomic mass is 16.5. The van der Waals surface area contributed by atoms with Crippen LogP contribution in [0.25, 0.3) is 0 Å². The number of carbonyl (C=O) groups excluding carboxylic acids is 1. The van der Waals surface area contributed by atoms with Crippen LogP contribution in [-0.2, 0) is 9.53 Å². The minimum Gasteiger partial charge on any atom is -0.360 e. The Morgan fingerprint density at radius 2 is 2.53 bits per heavy atom. The molecule has 0 aliphatic carbocycles. The highest BCUT2D eigenvalue weighted by Gasteiger charge is 2.26. The van der Waals surface area contributed by atoms with Gasteiger partial charge in [-0.05, 0) is 13.0 Å². The molecule has 1 aliphatic heterocycles. The third kappa shape index (κ3) is 3.18. The average molecular weight is 211 g/mol. The maximum absolute atomic E-state index is 11.9. The van der Waals surface area contributed by atoms with Crippen LogP contribution in [0.15, 0.2) is 0 Å². The van der Waals surface area contributed by atoms with Gasteiger partial charge < -0.3 is 15.4 Å². The Morgan fingerprint density at radius 3 is 3.13 bits per heavy atom. The molecule has 1 aliphatic rings. The predicted molar refractivity (Wildman–Crippen MR) is 54.8 cm³/mol. The van der Waals surface area contributed by atoms with Crippen LogP contribution in [0.4, 0.5) is 0 Å². The zero-order valence-corrected chi connectivity index (χ0v) is 8.98. The van der Waals surface area contributed by atoms with Crippen molar-refractivity contribution in [3.63, 3.8) is 0 Å². The normalized spacial score (nSPS) is 23.3. The van der Waals surface area contributed by atoms with E-state index in [1.165, 1.54) is 0 Å². The molecule has 15 heavy (non-hydrogen) atoms. The van der Waals surface area contributed by atoms with E-state index in [2.05, 4.69) is 0 Å². The van der Waals surface area contributed by atoms with Crippen LogP contribution < -0.4 is 5.73 Å². The molecular weight excluding hydrogens is 194 g/mol. The SMILES string of the molecule is CC(CCN)C(=O)N1CCOC(C#N)C1. The number of hydrogen-bond acceptors (Lipinski definition) is 4. The summed E-state index contributed by atoms with van der Waals surface area (Å²) in [4.78, 5) is 13.5. The Hall–Kier alpha value is -1.12. The lowest BCUT2D eigenvalue weighted by Crippen LogP contribution is -2.47. The van der Waals surface area contributed by atoms with Crippen molar-refractivity contribution in [2.24, 2.45) is 11.7 Å². The lowest BCUT2D eigenvalue weighted by molar-refractivity contribution is -0.140. The third-order valence-corrected chi connectivity index (χ3v) is 2.54. The van der Waals surface area contributed by atoms with Gasteiger partial charge in [-0.15, -0.1) is 0 Å². The first-order valence-electron chi connectivity index (χ1n) is 5.19. The minimum absolute atomic E-state index is 0.0626. The van der Waals surface area contributed by atoms with Crippen molar-refractivity contribution in [1.29, 1.82) is 5.26 Å². The van der Waals surface area contributed by atoms with Crippen LogP contribution >= 0.6 is 0 Å². The van der Waals surface area contributed by atoms with E-state index in [1.54, 1.807) is 4.90 Å². The van der Waals surface area contributed by atoms with Gasteiger partial charge in [0.15, 0.2) is 6.10 Å². The first-order valence-corrected chi connectivity index (χ1v) is 5.19. The van der Waals surface area contributed by atoms with Crippen molar-refractivity contribution in [3.8, 4) is 6.07 Å². The van der Waals surface area contributed by atoms with E-state index < -0.39 is 6.10 Å². The minimum atomic E-state index is -0.479. The second-order valence-electron chi connectivity index (χ2n) is 3.75. The summed E-state index contributed by atoms with van der Waals surface area (Å²) in [6.07, 6.45) is 0.209. The van der Waals surface area contributed by atoms with Crippen molar-refractivity contribution in [2.75, 3.05) is 26.2 Å². The number of amides is 1. The molecule has 0 radical (unpaired) electrons. The maximum Gasteiger partial charge on any atom is 0.225 e. The third-order valence-electron chi connectivity index (χ3n) is 2.54. The Bertz CT molecular complexity index is 262. The van der Waals surface area contributed by atoms with E-state index in [0.717, 1.165) is 0 Å². The first-order chi connectivity index (χ1) is 7.19. The van der Waals surface area contributed by atoms with Gasteiger partial charge in [0.05, 0.1) is 19.2 Å². The van der Waals surface area contributed by atoms with Crippen LogP contribution in [0.3, 0.4) is 0 Å². The fourth-order valence-corrected chi connectivity index (χ4v) is 1.61. The maximum atomic E-state index is 11.9. The van der Waals surface area contributed by atoms with Gasteiger partial charge in [-0.25, -0.2) is 0 Å². The molecule has 1 saturated heterocycles. The molecule has 0 spiro atoms. The summed E-state index contributed by atoms with van der Waals surface area (Å²) in [5.74, 6) is 0.0106. The molecule has 0 saturated carbocycles. The standard InChI is InChI=1S/C10H17N3O2/c1-8(2-3-11)10(14)13-4-5-15-9(6-12)7-13/h8-9H,2-5,7,11H2,1H3. The molecule has 1 fully saturated rings. The summed E-state index contributed by atoms with van der Waals surface area (Å²) in [5, 5.41) is 8.70. The van der Waals surface area contributed by atoms with Crippen molar-refractivity contribution >= 4 is 5.91 Å². The molecule has 5 nitrogen and oxygen atoms in total. The van der Waals surface area contributed by atoms with Crippen LogP contribution in [0, 0.1) is 17.2 Å². The number of ether oxygens (including phenoxy) is 1. The Morgan fingerprint density at radius 1 is 1.80 bits per heavy atom. The number of rotatable bonds is 3. The average Bonchev–Trinajstić information content (AvgIpc) is 2.28. The lowest BCUT2D eigenvalue weighted by atomic mass is 10.1. The van der Waals surface area contributed by atoms with Crippen molar-refractivity contribution < 1.29 is 9.53 Å². The molecule has 0 aromatic heterocycles. The summed E-state index contributed by atoms with van der Waals surface area (Å²) >= 11 is 0. The quantitative estimate of drug-likeness (QED) is 0.696. The second kappa shape index (κ2) is 5.69. The van der Waals surface area contributed by atoms with E-state index in [9.17, 15) is 4.79 Å². The fourth-order valence-electron chi connectivity index (χ4n) is 1.61. The molecule has 2 atom stereocenters. The van der Waals surface area contributed by atoms with E-state index in [1.807, 2.05) is 13.0 Å². The molecule has 2 N–H and O–H groups in total. The zero-order chi connectivity index (χ0) is 11.3. The number of hydrogen-bond donors (Lipinski definition) is 1. The van der Waals surface area contributed by atoms with Gasteiger partial charge in [0.25, 0.3) is 0 Å². The highest BCUT2D eigenvalue weighted by molar-refractivity contribution is 5.78. The van der Waals surface area contributed by atoms with Gasteiger partial charge in [-0.2, -0.15) is 5.26 Å². The molecule has 5 heteroatoms. The Balaban J connectivity index is 2.49. The van der Waals surface area contributed by atoms with Crippen LogP contribution in [0.2, 0.25) is 0 Å². The molecule has 0 bridgehead atoms. The van der Waals surface area contributed by atoms with Crippen LogP contribution in [0.5, 0.6) is 0 Å². The summed E-state index contributed by atoms with van der Waals surface area (Å²) in [6.45, 7) is 3.78. The van der Waals surface area contributed by atoms with Crippen molar-refractivity contribution in [1.82, 2.24) is 4.90 Å². The fraction of sp³-hybridized carbons (Fsp3) is 0.800. The number of nitriles is 1. The smallest absolute Gasteiger partial charge is 0.225 e.